The van der Waals surface area contributed by atoms with Gasteiger partial charge in [0.15, 0.2) is 11.8 Å². The Hall–Kier alpha value is -2.12. The van der Waals surface area contributed by atoms with Crippen molar-refractivity contribution < 1.29 is 4.79 Å². The van der Waals surface area contributed by atoms with Crippen LogP contribution in [0.3, 0.4) is 0 Å². The van der Waals surface area contributed by atoms with Gasteiger partial charge in [-0.05, 0) is 27.2 Å². The molecule has 0 aromatic carbocycles. The van der Waals surface area contributed by atoms with Gasteiger partial charge >= 0.3 is 0 Å². The zero-order chi connectivity index (χ0) is 19.3. The summed E-state index contributed by atoms with van der Waals surface area (Å²) < 4.78 is 2.00. The van der Waals surface area contributed by atoms with E-state index in [-0.39, 0.29) is 11.9 Å². The molecule has 3 N–H and O–H groups in total. The van der Waals surface area contributed by atoms with Crippen molar-refractivity contribution in [3.8, 4) is 0 Å². The van der Waals surface area contributed by atoms with E-state index in [2.05, 4.69) is 44.9 Å². The molecular formula is C18H33N7O. The van der Waals surface area contributed by atoms with Crippen LogP contribution in [0.25, 0.3) is 0 Å². The predicted octanol–water partition coefficient (Wildman–Crippen LogP) is 1.04. The minimum absolute atomic E-state index is 0.0362. The lowest BCUT2D eigenvalue weighted by Crippen LogP contribution is -2.51. The van der Waals surface area contributed by atoms with Crippen LogP contribution in [0.1, 0.15) is 58.6 Å². The Morgan fingerprint density at radius 2 is 2.12 bits per heavy atom. The summed E-state index contributed by atoms with van der Waals surface area (Å²) in [5.41, 5.74) is -0.508. The summed E-state index contributed by atoms with van der Waals surface area (Å²) in [5, 5.41) is 14.2. The third-order valence-electron chi connectivity index (χ3n) is 4.61. The van der Waals surface area contributed by atoms with Crippen LogP contribution in [0, 0.1) is 5.41 Å². The molecule has 0 saturated carbocycles. The molecule has 2 rings (SSSR count). The first-order valence-electron chi connectivity index (χ1n) is 9.46. The summed E-state index contributed by atoms with van der Waals surface area (Å²) in [7, 11) is 1.75. The van der Waals surface area contributed by atoms with Gasteiger partial charge in [0.25, 0.3) is 0 Å². The van der Waals surface area contributed by atoms with Crippen LogP contribution in [0.5, 0.6) is 0 Å². The van der Waals surface area contributed by atoms with E-state index in [4.69, 9.17) is 0 Å². The average molecular weight is 364 g/mol. The van der Waals surface area contributed by atoms with Gasteiger partial charge in [-0.25, -0.2) is 9.67 Å². The largest absolute Gasteiger partial charge is 0.356 e. The second-order valence-corrected chi connectivity index (χ2v) is 7.77. The third-order valence-corrected chi connectivity index (χ3v) is 4.61. The van der Waals surface area contributed by atoms with E-state index in [9.17, 15) is 4.79 Å². The Labute approximate surface area is 156 Å². The number of aromatic nitrogens is 3. The number of rotatable bonds is 6. The Morgan fingerprint density at radius 1 is 1.38 bits per heavy atom. The van der Waals surface area contributed by atoms with Crippen LogP contribution in [-0.4, -0.2) is 52.8 Å². The summed E-state index contributed by atoms with van der Waals surface area (Å²) in [6.45, 7) is 11.9. The molecule has 0 radical (unpaired) electrons. The molecular weight excluding hydrogens is 330 g/mol. The summed E-state index contributed by atoms with van der Waals surface area (Å²) >= 11 is 0. The van der Waals surface area contributed by atoms with Crippen LogP contribution in [0.4, 0.5) is 0 Å². The lowest BCUT2D eigenvalue weighted by atomic mass is 9.92. The lowest BCUT2D eigenvalue weighted by molar-refractivity contribution is -0.128. The molecule has 0 bridgehead atoms. The van der Waals surface area contributed by atoms with Gasteiger partial charge in [0, 0.05) is 38.5 Å². The smallest absolute Gasteiger partial charge is 0.227 e. The minimum Gasteiger partial charge on any atom is -0.356 e. The molecule has 8 nitrogen and oxygen atoms in total. The SMILES string of the molecule is CCNC(=O)C(C)(C)CNC(=NC)NC1CCc2nc(C(C)C)nn2C1. The van der Waals surface area contributed by atoms with Crippen molar-refractivity contribution in [2.24, 2.45) is 10.4 Å². The van der Waals surface area contributed by atoms with Crippen LogP contribution in [0.15, 0.2) is 4.99 Å². The molecule has 0 saturated heterocycles. The number of fused-ring (bicyclic) bond motifs is 1. The fourth-order valence-electron chi connectivity index (χ4n) is 2.86. The number of carbonyl (C=O) groups is 1. The van der Waals surface area contributed by atoms with E-state index in [0.717, 1.165) is 31.0 Å². The standard InChI is InChI=1S/C18H33N7O/c1-7-20-16(26)18(4,5)11-21-17(19-6)22-13-8-9-14-23-15(12(2)3)24-25(14)10-13/h12-13H,7-11H2,1-6H3,(H,20,26)(H2,19,21,22). The molecule has 1 atom stereocenters. The van der Waals surface area contributed by atoms with Crippen molar-refractivity contribution in [2.75, 3.05) is 20.1 Å². The van der Waals surface area contributed by atoms with E-state index in [1.54, 1.807) is 7.05 Å². The highest BCUT2D eigenvalue weighted by Crippen LogP contribution is 2.17. The lowest BCUT2D eigenvalue weighted by Gasteiger charge is -2.28. The maximum atomic E-state index is 12.1. The van der Waals surface area contributed by atoms with Crippen LogP contribution in [0.2, 0.25) is 0 Å². The number of guanidine groups is 1. The van der Waals surface area contributed by atoms with Crippen molar-refractivity contribution in [3.63, 3.8) is 0 Å². The van der Waals surface area contributed by atoms with Crippen LogP contribution >= 0.6 is 0 Å². The van der Waals surface area contributed by atoms with Crippen LogP contribution in [-0.2, 0) is 17.8 Å². The molecule has 0 fully saturated rings. The molecule has 1 aliphatic heterocycles. The van der Waals surface area contributed by atoms with Gasteiger partial charge in [-0.3, -0.25) is 9.79 Å². The summed E-state index contributed by atoms with van der Waals surface area (Å²) in [6.07, 6.45) is 1.88. The Morgan fingerprint density at radius 3 is 2.73 bits per heavy atom. The molecule has 0 spiro atoms. The second kappa shape index (κ2) is 8.51. The normalized spacial score (nSPS) is 17.8. The monoisotopic (exact) mass is 363 g/mol. The topological polar surface area (TPSA) is 96.2 Å². The first kappa shape index (κ1) is 20.2. The zero-order valence-corrected chi connectivity index (χ0v) is 16.9. The number of aliphatic imine (C=N–C) groups is 1. The number of aryl methyl sites for hydroxylation is 1. The first-order valence-corrected chi connectivity index (χ1v) is 9.46. The van der Waals surface area contributed by atoms with Crippen molar-refractivity contribution >= 4 is 11.9 Å². The maximum absolute atomic E-state index is 12.1. The Kier molecular flexibility index (Phi) is 6.61. The van der Waals surface area contributed by atoms with Gasteiger partial charge in [-0.1, -0.05) is 13.8 Å². The number of nitrogens with zero attached hydrogens (tertiary/aromatic N) is 4. The van der Waals surface area contributed by atoms with Crippen molar-refractivity contribution in [2.45, 2.75) is 66.0 Å². The fourth-order valence-corrected chi connectivity index (χ4v) is 2.86. The van der Waals surface area contributed by atoms with Crippen molar-refractivity contribution in [3.05, 3.63) is 11.6 Å². The van der Waals surface area contributed by atoms with Gasteiger partial charge < -0.3 is 16.0 Å². The molecule has 26 heavy (non-hydrogen) atoms. The number of carbonyl (C=O) groups excluding carboxylic acids is 1. The van der Waals surface area contributed by atoms with E-state index in [1.807, 2.05) is 25.5 Å². The third kappa shape index (κ3) is 4.95. The summed E-state index contributed by atoms with van der Waals surface area (Å²) in [4.78, 5) is 21.0. The summed E-state index contributed by atoms with van der Waals surface area (Å²) in [5.74, 6) is 3.05. The molecule has 1 aliphatic rings. The Balaban J connectivity index is 1.91. The molecule has 1 amide bonds. The molecule has 1 aromatic rings. The molecule has 146 valence electrons. The van der Waals surface area contributed by atoms with E-state index in [0.29, 0.717) is 25.0 Å². The number of nitrogens with one attached hydrogen (secondary N) is 3. The van der Waals surface area contributed by atoms with Gasteiger partial charge in [-0.15, -0.1) is 0 Å². The van der Waals surface area contributed by atoms with Gasteiger partial charge in [-0.2, -0.15) is 5.10 Å². The zero-order valence-electron chi connectivity index (χ0n) is 16.9. The number of hydrogen-bond donors (Lipinski definition) is 3. The summed E-state index contributed by atoms with van der Waals surface area (Å²) in [6, 6.07) is 0.239. The highest BCUT2D eigenvalue weighted by Gasteiger charge is 2.28. The van der Waals surface area contributed by atoms with E-state index < -0.39 is 5.41 Å². The second-order valence-electron chi connectivity index (χ2n) is 7.77. The van der Waals surface area contributed by atoms with Gasteiger partial charge in [0.05, 0.1) is 12.0 Å². The van der Waals surface area contributed by atoms with Crippen molar-refractivity contribution in [1.82, 2.24) is 30.7 Å². The van der Waals surface area contributed by atoms with Crippen LogP contribution < -0.4 is 16.0 Å². The molecule has 0 aliphatic carbocycles. The number of hydrogen-bond acceptors (Lipinski definition) is 4. The first-order chi connectivity index (χ1) is 12.3. The van der Waals surface area contributed by atoms with Gasteiger partial charge in [0.1, 0.15) is 5.82 Å². The fraction of sp³-hybridized carbons (Fsp3) is 0.778. The maximum Gasteiger partial charge on any atom is 0.227 e. The average Bonchev–Trinajstić information content (AvgIpc) is 3.02. The number of amides is 1. The minimum atomic E-state index is -0.508. The van der Waals surface area contributed by atoms with Crippen molar-refractivity contribution in [1.29, 1.82) is 0 Å². The highest BCUT2D eigenvalue weighted by molar-refractivity contribution is 5.84. The molecule has 8 heteroatoms. The highest BCUT2D eigenvalue weighted by atomic mass is 16.2. The van der Waals surface area contributed by atoms with E-state index >= 15 is 0 Å². The molecule has 1 unspecified atom stereocenters. The van der Waals surface area contributed by atoms with Gasteiger partial charge in [0.2, 0.25) is 5.91 Å². The quantitative estimate of drug-likeness (QED) is 0.518. The van der Waals surface area contributed by atoms with E-state index in [1.165, 1.54) is 0 Å². The Bertz CT molecular complexity index is 648. The molecule has 1 aromatic heterocycles. The predicted molar refractivity (Wildman–Crippen MR) is 103 cm³/mol. The molecule has 2 heterocycles.